The lowest BCUT2D eigenvalue weighted by molar-refractivity contribution is -0.140. The molecule has 0 amide bonds. The van der Waals surface area contributed by atoms with Crippen molar-refractivity contribution in [2.24, 2.45) is 46.3 Å². The lowest BCUT2D eigenvalue weighted by atomic mass is 9.47. The molecule has 5 aliphatic rings. The van der Waals surface area contributed by atoms with Crippen molar-refractivity contribution in [2.75, 3.05) is 0 Å². The zero-order valence-electron chi connectivity index (χ0n) is 19.6. The minimum atomic E-state index is -4.43. The average Bonchev–Trinajstić information content (AvgIpc) is 3.16. The normalized spacial score (nSPS) is 48.4. The summed E-state index contributed by atoms with van der Waals surface area (Å²) < 4.78 is 40.1. The van der Waals surface area contributed by atoms with E-state index in [1.54, 1.807) is 0 Å². The van der Waals surface area contributed by atoms with E-state index in [-0.39, 0.29) is 23.2 Å². The van der Waals surface area contributed by atoms with Crippen molar-refractivity contribution in [3.63, 3.8) is 0 Å². The van der Waals surface area contributed by atoms with Gasteiger partial charge in [0.1, 0.15) is 6.54 Å². The number of rotatable bonds is 3. The molecule has 0 saturated heterocycles. The van der Waals surface area contributed by atoms with Crippen molar-refractivity contribution < 1.29 is 23.1 Å². The number of carbonyl (C=O) groups is 1. The molecule has 1 aromatic heterocycles. The van der Waals surface area contributed by atoms with Crippen LogP contribution >= 0.6 is 0 Å². The Balaban J connectivity index is 1.21. The van der Waals surface area contributed by atoms with Crippen LogP contribution in [-0.4, -0.2) is 26.3 Å². The molecular weight excluding hydrogens is 429 g/mol. The number of aromatic nitrogens is 2. The molecule has 5 saturated carbocycles. The van der Waals surface area contributed by atoms with Gasteiger partial charge in [-0.2, -0.15) is 18.3 Å². The summed E-state index contributed by atoms with van der Waals surface area (Å²) in [5, 5.41) is 14.4. The van der Waals surface area contributed by atoms with Crippen LogP contribution in [0.4, 0.5) is 13.2 Å². The van der Waals surface area contributed by atoms with Crippen LogP contribution in [-0.2, 0) is 17.5 Å². The highest BCUT2D eigenvalue weighted by atomic mass is 19.4. The Kier molecular flexibility index (Phi) is 4.59. The van der Waals surface area contributed by atoms with Gasteiger partial charge in [0.2, 0.25) is 0 Å². The first-order valence-corrected chi connectivity index (χ1v) is 12.8. The molecule has 7 heteroatoms. The number of halogens is 3. The molecule has 4 nitrogen and oxygen atoms in total. The van der Waals surface area contributed by atoms with E-state index in [1.807, 2.05) is 6.92 Å². The number of carbonyl (C=O) groups excluding carboxylic acids is 1. The first-order valence-electron chi connectivity index (χ1n) is 12.8. The molecular formula is C26H35F3N2O2. The SMILES string of the molecule is C[C@@]1(O)CC[C@H]2[C@H](CC[C@@H]3[C@@H]2CC[C@@]2(C)[C@H]3C[C@H]3C[C@]32C(=O)Cn2cc(C(F)(F)F)cn2)C1. The summed E-state index contributed by atoms with van der Waals surface area (Å²) in [6.07, 6.45) is 6.90. The maximum atomic E-state index is 13.6. The second-order valence-corrected chi connectivity index (χ2v) is 12.6. The van der Waals surface area contributed by atoms with Crippen LogP contribution < -0.4 is 0 Å². The second kappa shape index (κ2) is 6.86. The van der Waals surface area contributed by atoms with Crippen LogP contribution in [0.25, 0.3) is 0 Å². The first-order chi connectivity index (χ1) is 15.4. The molecule has 5 aliphatic carbocycles. The summed E-state index contributed by atoms with van der Waals surface area (Å²) in [5.41, 5.74) is -1.70. The van der Waals surface area contributed by atoms with Crippen LogP contribution in [0.1, 0.15) is 77.2 Å². The van der Waals surface area contributed by atoms with Gasteiger partial charge >= 0.3 is 6.18 Å². The molecule has 182 valence electrons. The van der Waals surface area contributed by atoms with E-state index >= 15 is 0 Å². The number of hydrogen-bond acceptors (Lipinski definition) is 3. The van der Waals surface area contributed by atoms with Gasteiger partial charge in [0.05, 0.1) is 17.4 Å². The summed E-state index contributed by atoms with van der Waals surface area (Å²) in [6, 6.07) is 0. The van der Waals surface area contributed by atoms with Crippen molar-refractivity contribution in [1.82, 2.24) is 9.78 Å². The molecule has 1 heterocycles. The number of nitrogens with zero attached hydrogens (tertiary/aromatic N) is 2. The third kappa shape index (κ3) is 3.13. The highest BCUT2D eigenvalue weighted by Gasteiger charge is 2.77. The van der Waals surface area contributed by atoms with Gasteiger partial charge in [-0.25, -0.2) is 0 Å². The molecule has 0 bridgehead atoms. The Bertz CT molecular complexity index is 971. The molecule has 0 radical (unpaired) electrons. The maximum Gasteiger partial charge on any atom is 0.419 e. The zero-order chi connectivity index (χ0) is 23.4. The fourth-order valence-corrected chi connectivity index (χ4v) is 9.56. The molecule has 0 aliphatic heterocycles. The summed E-state index contributed by atoms with van der Waals surface area (Å²) >= 11 is 0. The largest absolute Gasteiger partial charge is 0.419 e. The van der Waals surface area contributed by atoms with Crippen molar-refractivity contribution in [1.29, 1.82) is 0 Å². The minimum absolute atomic E-state index is 0.0388. The van der Waals surface area contributed by atoms with Crippen molar-refractivity contribution in [3.05, 3.63) is 18.0 Å². The number of Topliss-reactive ketones (excluding diaryl/α,β-unsaturated/α-hetero) is 1. The van der Waals surface area contributed by atoms with Crippen molar-refractivity contribution in [3.8, 4) is 0 Å². The molecule has 0 aromatic carbocycles. The standard InChI is InChI=1S/C26H35F3N2O2/c1-23(33)7-5-18-15(10-23)3-4-20-19(18)6-8-24(2)21(20)9-16-11-25(16,24)22(32)14-31-13-17(12-30-31)26(27,28)29/h12-13,15-16,18-21,33H,3-11,14H2,1-2H3/t15-,16+,18+,19-,20-,21+,23-,24+,25-/m1/s1. The Morgan fingerprint density at radius 3 is 2.61 bits per heavy atom. The predicted octanol–water partition coefficient (Wildman–Crippen LogP) is 5.49. The van der Waals surface area contributed by atoms with E-state index < -0.39 is 17.3 Å². The van der Waals surface area contributed by atoms with E-state index in [2.05, 4.69) is 12.0 Å². The lowest BCUT2D eigenvalue weighted by Crippen LogP contribution is -2.52. The third-order valence-corrected chi connectivity index (χ3v) is 11.1. The first kappa shape index (κ1) is 22.1. The third-order valence-electron chi connectivity index (χ3n) is 11.1. The number of alkyl halides is 3. The highest BCUT2D eigenvalue weighted by Crippen LogP contribution is 2.80. The molecule has 0 unspecified atom stereocenters. The van der Waals surface area contributed by atoms with Crippen molar-refractivity contribution >= 4 is 5.78 Å². The number of ketones is 1. The molecule has 33 heavy (non-hydrogen) atoms. The summed E-state index contributed by atoms with van der Waals surface area (Å²) in [7, 11) is 0. The highest BCUT2D eigenvalue weighted by molar-refractivity contribution is 5.89. The minimum Gasteiger partial charge on any atom is -0.390 e. The molecule has 5 fully saturated rings. The van der Waals surface area contributed by atoms with E-state index in [4.69, 9.17) is 0 Å². The van der Waals surface area contributed by atoms with Gasteiger partial charge in [0, 0.05) is 11.6 Å². The topological polar surface area (TPSA) is 55.1 Å². The van der Waals surface area contributed by atoms with Crippen LogP contribution in [0.3, 0.4) is 0 Å². The van der Waals surface area contributed by atoms with E-state index in [1.165, 1.54) is 17.5 Å². The van der Waals surface area contributed by atoms with Gasteiger partial charge in [0.15, 0.2) is 5.78 Å². The van der Waals surface area contributed by atoms with Crippen LogP contribution in [0.2, 0.25) is 0 Å². The van der Waals surface area contributed by atoms with Crippen LogP contribution in [0.5, 0.6) is 0 Å². The van der Waals surface area contributed by atoms with Crippen LogP contribution in [0, 0.1) is 46.3 Å². The van der Waals surface area contributed by atoms with Crippen molar-refractivity contribution in [2.45, 2.75) is 90.0 Å². The Morgan fingerprint density at radius 1 is 1.12 bits per heavy atom. The summed E-state index contributed by atoms with van der Waals surface area (Å²) in [5.74, 6) is 3.74. The average molecular weight is 465 g/mol. The fourth-order valence-electron chi connectivity index (χ4n) is 9.56. The van der Waals surface area contributed by atoms with E-state index in [0.29, 0.717) is 35.5 Å². The molecule has 9 atom stereocenters. The molecule has 1 aromatic rings. The predicted molar refractivity (Wildman–Crippen MR) is 116 cm³/mol. The van der Waals surface area contributed by atoms with E-state index in [0.717, 1.165) is 57.3 Å². The van der Waals surface area contributed by atoms with Gasteiger partial charge < -0.3 is 5.11 Å². The molecule has 0 spiro atoms. The van der Waals surface area contributed by atoms with Crippen LogP contribution in [0.15, 0.2) is 12.4 Å². The summed E-state index contributed by atoms with van der Waals surface area (Å²) in [4.78, 5) is 13.6. The van der Waals surface area contributed by atoms with Gasteiger partial charge in [-0.15, -0.1) is 0 Å². The quantitative estimate of drug-likeness (QED) is 0.644. The Labute approximate surface area is 193 Å². The summed E-state index contributed by atoms with van der Waals surface area (Å²) in [6.45, 7) is 4.26. The number of hydrogen-bond donors (Lipinski definition) is 1. The second-order valence-electron chi connectivity index (χ2n) is 12.6. The number of fused-ring (bicyclic) bond motifs is 7. The molecule has 6 rings (SSSR count). The zero-order valence-corrected chi connectivity index (χ0v) is 19.6. The van der Waals surface area contributed by atoms with Gasteiger partial charge in [-0.1, -0.05) is 6.92 Å². The lowest BCUT2D eigenvalue weighted by Gasteiger charge is -2.57. The number of aliphatic hydroxyl groups is 1. The van der Waals surface area contributed by atoms with Gasteiger partial charge in [-0.05, 0) is 106 Å². The Hall–Kier alpha value is -1.37. The van der Waals surface area contributed by atoms with E-state index in [9.17, 15) is 23.1 Å². The fraction of sp³-hybridized carbons (Fsp3) is 0.846. The molecule has 1 N–H and O–H groups in total. The smallest absolute Gasteiger partial charge is 0.390 e. The maximum absolute atomic E-state index is 13.6. The van der Waals surface area contributed by atoms with Gasteiger partial charge in [-0.3, -0.25) is 9.48 Å². The monoisotopic (exact) mass is 464 g/mol. The van der Waals surface area contributed by atoms with Gasteiger partial charge in [0.25, 0.3) is 0 Å². The Morgan fingerprint density at radius 2 is 1.88 bits per heavy atom.